The zero-order chi connectivity index (χ0) is 10.1. The smallest absolute Gasteiger partial charge is 0.0178 e. The molecule has 0 saturated heterocycles. The van der Waals surface area contributed by atoms with Gasteiger partial charge < -0.3 is 0 Å². The van der Waals surface area contributed by atoms with Gasteiger partial charge in [-0.3, -0.25) is 0 Å². The fourth-order valence-corrected chi connectivity index (χ4v) is 1.42. The summed E-state index contributed by atoms with van der Waals surface area (Å²) in [5.74, 6) is 0. The van der Waals surface area contributed by atoms with Crippen molar-refractivity contribution in [3.05, 3.63) is 42.0 Å². The van der Waals surface area contributed by atoms with Gasteiger partial charge in [-0.15, -0.1) is 0 Å². The van der Waals surface area contributed by atoms with Crippen molar-refractivity contribution < 1.29 is 0 Å². The van der Waals surface area contributed by atoms with E-state index in [4.69, 9.17) is 0 Å². The van der Waals surface area contributed by atoms with Crippen molar-refractivity contribution in [2.24, 2.45) is 0 Å². The molecule has 14 heavy (non-hydrogen) atoms. The molecule has 0 saturated carbocycles. The lowest BCUT2D eigenvalue weighted by Crippen LogP contribution is -1.74. The van der Waals surface area contributed by atoms with Crippen molar-refractivity contribution in [2.75, 3.05) is 0 Å². The molecule has 1 rings (SSSR count). The predicted molar refractivity (Wildman–Crippen MR) is 63.1 cm³/mol. The van der Waals surface area contributed by atoms with Crippen molar-refractivity contribution in [2.45, 2.75) is 39.0 Å². The first-order valence-electron chi connectivity index (χ1n) is 5.56. The normalized spacial score (nSPS) is 10.9. The van der Waals surface area contributed by atoms with Crippen LogP contribution < -0.4 is 0 Å². The summed E-state index contributed by atoms with van der Waals surface area (Å²) < 4.78 is 0. The standard InChI is InChI=1S/C14H19/c1-2-3-4-5-6-8-11-14-12-9-7-10-13-14/h7-9,11-13H,2-6H2,1H3. The molecule has 1 aromatic carbocycles. The molecule has 0 nitrogen and oxygen atoms in total. The topological polar surface area (TPSA) is 0 Å². The average molecular weight is 187 g/mol. The summed E-state index contributed by atoms with van der Waals surface area (Å²) in [5.41, 5.74) is 1.25. The number of benzene rings is 1. The Bertz CT molecular complexity index is 246. The van der Waals surface area contributed by atoms with E-state index in [1.807, 2.05) is 18.2 Å². The van der Waals surface area contributed by atoms with Crippen molar-refractivity contribution in [1.29, 1.82) is 0 Å². The molecule has 0 aromatic heterocycles. The van der Waals surface area contributed by atoms with Gasteiger partial charge in [-0.05, 0) is 30.5 Å². The molecule has 0 heteroatoms. The van der Waals surface area contributed by atoms with E-state index in [0.717, 1.165) is 0 Å². The first-order valence-corrected chi connectivity index (χ1v) is 5.56. The molecule has 0 atom stereocenters. The summed E-state index contributed by atoms with van der Waals surface area (Å²) in [7, 11) is 0. The minimum Gasteiger partial charge on any atom is -0.0839 e. The van der Waals surface area contributed by atoms with Gasteiger partial charge in [0.25, 0.3) is 0 Å². The van der Waals surface area contributed by atoms with Gasteiger partial charge in [0.15, 0.2) is 0 Å². The zero-order valence-electron chi connectivity index (χ0n) is 9.00. The molecule has 0 spiro atoms. The Morgan fingerprint density at radius 2 is 2.21 bits per heavy atom. The number of hydrogen-bond donors (Lipinski definition) is 0. The molecule has 0 aliphatic heterocycles. The minimum atomic E-state index is 1.20. The van der Waals surface area contributed by atoms with Gasteiger partial charge in [-0.1, -0.05) is 56.5 Å². The van der Waals surface area contributed by atoms with Gasteiger partial charge in [0.2, 0.25) is 0 Å². The maximum atomic E-state index is 3.07. The largest absolute Gasteiger partial charge is 0.0839 e. The Hall–Kier alpha value is -1.04. The monoisotopic (exact) mass is 187 g/mol. The molecule has 0 amide bonds. The Labute approximate surface area is 87.7 Å². The molecule has 1 aromatic rings. The Morgan fingerprint density at radius 1 is 1.29 bits per heavy atom. The average Bonchev–Trinajstić information content (AvgIpc) is 2.25. The van der Waals surface area contributed by atoms with Crippen LogP contribution in [0, 0.1) is 6.07 Å². The fourth-order valence-electron chi connectivity index (χ4n) is 1.42. The summed E-state index contributed by atoms with van der Waals surface area (Å²) in [4.78, 5) is 0. The molecular weight excluding hydrogens is 168 g/mol. The van der Waals surface area contributed by atoms with Crippen LogP contribution in [0.4, 0.5) is 0 Å². The van der Waals surface area contributed by atoms with Crippen molar-refractivity contribution in [3.63, 3.8) is 0 Å². The maximum absolute atomic E-state index is 3.07. The molecule has 0 fully saturated rings. The van der Waals surface area contributed by atoms with Gasteiger partial charge in [0.1, 0.15) is 0 Å². The summed E-state index contributed by atoms with van der Waals surface area (Å²) in [5, 5.41) is 0. The molecule has 75 valence electrons. The van der Waals surface area contributed by atoms with Crippen LogP contribution in [-0.2, 0) is 0 Å². The number of rotatable bonds is 6. The van der Waals surface area contributed by atoms with Crippen molar-refractivity contribution in [1.82, 2.24) is 0 Å². The lowest BCUT2D eigenvalue weighted by molar-refractivity contribution is 0.675. The molecule has 0 aliphatic rings. The Morgan fingerprint density at radius 3 is 2.93 bits per heavy atom. The van der Waals surface area contributed by atoms with E-state index in [2.05, 4.69) is 31.2 Å². The van der Waals surface area contributed by atoms with Crippen LogP contribution in [0.3, 0.4) is 0 Å². The van der Waals surface area contributed by atoms with Crippen LogP contribution in [0.15, 0.2) is 30.3 Å². The van der Waals surface area contributed by atoms with Gasteiger partial charge in [0.05, 0.1) is 0 Å². The summed E-state index contributed by atoms with van der Waals surface area (Å²) >= 11 is 0. The van der Waals surface area contributed by atoms with E-state index in [1.54, 1.807) is 0 Å². The first kappa shape index (κ1) is 11.0. The second-order valence-electron chi connectivity index (χ2n) is 3.59. The quantitative estimate of drug-likeness (QED) is 0.576. The highest BCUT2D eigenvalue weighted by molar-refractivity contribution is 5.48. The van der Waals surface area contributed by atoms with Gasteiger partial charge >= 0.3 is 0 Å². The predicted octanol–water partition coefficient (Wildman–Crippen LogP) is 4.47. The maximum Gasteiger partial charge on any atom is -0.0178 e. The zero-order valence-corrected chi connectivity index (χ0v) is 9.00. The Kier molecular flexibility index (Phi) is 5.81. The van der Waals surface area contributed by atoms with Crippen LogP contribution in [0.25, 0.3) is 6.08 Å². The van der Waals surface area contributed by atoms with Crippen LogP contribution in [0.1, 0.15) is 44.6 Å². The molecule has 0 unspecified atom stereocenters. The van der Waals surface area contributed by atoms with Crippen molar-refractivity contribution >= 4 is 6.08 Å². The van der Waals surface area contributed by atoms with E-state index in [0.29, 0.717) is 0 Å². The highest BCUT2D eigenvalue weighted by Crippen LogP contribution is 2.06. The second-order valence-corrected chi connectivity index (χ2v) is 3.59. The van der Waals surface area contributed by atoms with Gasteiger partial charge in [-0.25, -0.2) is 0 Å². The van der Waals surface area contributed by atoms with Crippen LogP contribution in [-0.4, -0.2) is 0 Å². The fraction of sp³-hybridized carbons (Fsp3) is 0.429. The second kappa shape index (κ2) is 7.37. The minimum absolute atomic E-state index is 1.20. The van der Waals surface area contributed by atoms with Crippen LogP contribution in [0.5, 0.6) is 0 Å². The molecular formula is C14H19. The van der Waals surface area contributed by atoms with Crippen LogP contribution in [0.2, 0.25) is 0 Å². The molecule has 0 N–H and O–H groups in total. The van der Waals surface area contributed by atoms with E-state index in [1.165, 1.54) is 37.7 Å². The third-order valence-electron chi connectivity index (χ3n) is 2.27. The van der Waals surface area contributed by atoms with Gasteiger partial charge in [-0.2, -0.15) is 0 Å². The highest BCUT2D eigenvalue weighted by atomic mass is 13.9. The third-order valence-corrected chi connectivity index (χ3v) is 2.27. The molecule has 1 radical (unpaired) electrons. The van der Waals surface area contributed by atoms with E-state index >= 15 is 0 Å². The number of unbranched alkanes of at least 4 members (excludes halogenated alkanes) is 4. The highest BCUT2D eigenvalue weighted by Gasteiger charge is 1.85. The lowest BCUT2D eigenvalue weighted by Gasteiger charge is -1.94. The lowest BCUT2D eigenvalue weighted by atomic mass is 10.1. The van der Waals surface area contributed by atoms with Crippen molar-refractivity contribution in [3.8, 4) is 0 Å². The van der Waals surface area contributed by atoms with Crippen LogP contribution >= 0.6 is 0 Å². The first-order chi connectivity index (χ1) is 6.93. The molecule has 0 bridgehead atoms. The molecule has 0 aliphatic carbocycles. The van der Waals surface area contributed by atoms with E-state index in [9.17, 15) is 0 Å². The molecule has 0 heterocycles. The summed E-state index contributed by atoms with van der Waals surface area (Å²) in [6, 6.07) is 11.2. The number of hydrogen-bond acceptors (Lipinski definition) is 0. The summed E-state index contributed by atoms with van der Waals surface area (Å²) in [6.07, 6.45) is 11.0. The summed E-state index contributed by atoms with van der Waals surface area (Å²) in [6.45, 7) is 2.25. The SMILES string of the molecule is CCCCCCC=Cc1c[c]ccc1. The number of allylic oxidation sites excluding steroid dienone is 1. The third kappa shape index (κ3) is 4.86. The Balaban J connectivity index is 2.15. The van der Waals surface area contributed by atoms with Gasteiger partial charge in [0, 0.05) is 0 Å². The van der Waals surface area contributed by atoms with E-state index in [-0.39, 0.29) is 0 Å². The van der Waals surface area contributed by atoms with E-state index < -0.39 is 0 Å².